The molecule has 0 saturated heterocycles. The molecule has 0 fully saturated rings. The fourth-order valence-corrected chi connectivity index (χ4v) is 4.52. The van der Waals surface area contributed by atoms with Gasteiger partial charge in [0.25, 0.3) is 0 Å². The van der Waals surface area contributed by atoms with E-state index in [1.54, 1.807) is 0 Å². The number of phenols is 1. The Morgan fingerprint density at radius 2 is 1.43 bits per heavy atom. The van der Waals surface area contributed by atoms with Gasteiger partial charge in [0.2, 0.25) is 21.4 Å². The molecular weight excluding hydrogens is 569 g/mol. The Balaban J connectivity index is 2.33. The van der Waals surface area contributed by atoms with E-state index in [0.29, 0.717) is 16.6 Å². The molecule has 0 bridgehead atoms. The zero-order valence-electron chi connectivity index (χ0n) is 16.7. The molecule has 0 spiro atoms. The first-order chi connectivity index (χ1) is 16.3. The van der Waals surface area contributed by atoms with E-state index >= 15 is 0 Å². The lowest BCUT2D eigenvalue weighted by Crippen LogP contribution is -2.19. The first-order valence-electron chi connectivity index (χ1n) is 9.03. The molecule has 3 aromatic carbocycles. The van der Waals surface area contributed by atoms with Gasteiger partial charge in [-0.1, -0.05) is 15.9 Å². The number of ketones is 1. The largest absolute Gasteiger partial charge is 0.502 e. The van der Waals surface area contributed by atoms with Gasteiger partial charge in [-0.3, -0.25) is 14.9 Å². The van der Waals surface area contributed by atoms with Crippen LogP contribution in [-0.4, -0.2) is 24.2 Å². The maximum absolute atomic E-state index is 14.3. The molecule has 0 aliphatic rings. The lowest BCUT2D eigenvalue weighted by Gasteiger charge is -2.12. The number of Topliss-reactive ketones (excluding diaryl/α,β-unsaturated/α-hetero) is 1. The predicted molar refractivity (Wildman–Crippen MR) is 115 cm³/mol. The van der Waals surface area contributed by atoms with Crippen LogP contribution in [0.15, 0.2) is 56.7 Å². The van der Waals surface area contributed by atoms with Gasteiger partial charge in [-0.05, 0) is 48.0 Å². The number of hydrogen-bond acceptors (Lipinski definition) is 6. The van der Waals surface area contributed by atoms with E-state index in [2.05, 4.69) is 15.9 Å². The molecule has 7 nitrogen and oxygen atoms in total. The number of allylic oxidation sites excluding steroid dienone is 1. The molecule has 0 amide bonds. The molecule has 0 saturated carbocycles. The second-order valence-electron chi connectivity index (χ2n) is 6.75. The fourth-order valence-electron chi connectivity index (χ4n) is 2.87. The molecule has 0 unspecified atom stereocenters. The molecule has 3 aromatic rings. The molecule has 0 aromatic heterocycles. The van der Waals surface area contributed by atoms with Crippen molar-refractivity contribution in [2.24, 2.45) is 0 Å². The van der Waals surface area contributed by atoms with Crippen LogP contribution in [0.25, 0.3) is 6.08 Å². The van der Waals surface area contributed by atoms with Crippen molar-refractivity contribution in [3.8, 4) is 5.75 Å². The number of benzene rings is 3. The van der Waals surface area contributed by atoms with Crippen molar-refractivity contribution >= 4 is 43.3 Å². The zero-order chi connectivity index (χ0) is 26.2. The summed E-state index contributed by atoms with van der Waals surface area (Å²) in [7, 11) is -4.97. The van der Waals surface area contributed by atoms with Gasteiger partial charge >= 0.3 is 5.69 Å². The molecule has 0 radical (unpaired) electrons. The van der Waals surface area contributed by atoms with Crippen molar-refractivity contribution < 1.29 is 45.2 Å². The van der Waals surface area contributed by atoms with E-state index in [1.807, 2.05) is 0 Å². The Labute approximate surface area is 201 Å². The lowest BCUT2D eigenvalue weighted by molar-refractivity contribution is -0.385. The maximum atomic E-state index is 14.3. The summed E-state index contributed by atoms with van der Waals surface area (Å²) in [6.07, 6.45) is 0.473. The molecule has 182 valence electrons. The van der Waals surface area contributed by atoms with E-state index < -0.39 is 76.4 Å². The molecular formula is C21H9BrF5NO6S. The number of aromatic hydroxyl groups is 1. The summed E-state index contributed by atoms with van der Waals surface area (Å²) in [6.45, 7) is 0. The minimum atomic E-state index is -4.97. The van der Waals surface area contributed by atoms with Crippen LogP contribution in [0, 0.1) is 39.2 Å². The van der Waals surface area contributed by atoms with Gasteiger partial charge in [-0.15, -0.1) is 0 Å². The number of rotatable bonds is 6. The molecule has 0 heterocycles. The van der Waals surface area contributed by atoms with Gasteiger partial charge < -0.3 is 5.11 Å². The highest BCUT2D eigenvalue weighted by molar-refractivity contribution is 9.10. The lowest BCUT2D eigenvalue weighted by atomic mass is 10.1. The van der Waals surface area contributed by atoms with E-state index in [0.717, 1.165) is 24.3 Å². The minimum Gasteiger partial charge on any atom is -0.502 e. The number of carbonyl (C=O) groups excluding carboxylic acids is 1. The van der Waals surface area contributed by atoms with Crippen LogP contribution in [0.3, 0.4) is 0 Å². The Morgan fingerprint density at radius 3 is 1.91 bits per heavy atom. The number of carbonyl (C=O) groups is 1. The number of phenolic OH excluding ortho intramolecular Hbond substituents is 1. The quantitative estimate of drug-likeness (QED) is 0.0791. The highest BCUT2D eigenvalue weighted by Crippen LogP contribution is 2.32. The summed E-state index contributed by atoms with van der Waals surface area (Å²) in [5, 5.41) is 20.7. The van der Waals surface area contributed by atoms with E-state index in [9.17, 15) is 50.4 Å². The van der Waals surface area contributed by atoms with Crippen LogP contribution < -0.4 is 0 Å². The Hall–Kier alpha value is -3.65. The average molecular weight is 578 g/mol. The third kappa shape index (κ3) is 4.79. The second kappa shape index (κ2) is 9.54. The summed E-state index contributed by atoms with van der Waals surface area (Å²) >= 11 is 3.06. The smallest absolute Gasteiger partial charge is 0.310 e. The van der Waals surface area contributed by atoms with Gasteiger partial charge in [0.05, 0.1) is 9.82 Å². The van der Waals surface area contributed by atoms with Gasteiger partial charge in [0.1, 0.15) is 10.5 Å². The third-order valence-electron chi connectivity index (χ3n) is 4.57. The topological polar surface area (TPSA) is 115 Å². The molecule has 0 aliphatic carbocycles. The summed E-state index contributed by atoms with van der Waals surface area (Å²) < 4.78 is 96.3. The highest BCUT2D eigenvalue weighted by Gasteiger charge is 2.36. The number of nitro groups is 1. The van der Waals surface area contributed by atoms with Gasteiger partial charge in [0.15, 0.2) is 29.0 Å². The minimum absolute atomic E-state index is 0.374. The van der Waals surface area contributed by atoms with Crippen molar-refractivity contribution in [1.29, 1.82) is 0 Å². The molecule has 1 N–H and O–H groups in total. The van der Waals surface area contributed by atoms with Crippen LogP contribution in [0.1, 0.15) is 15.9 Å². The van der Waals surface area contributed by atoms with Gasteiger partial charge in [-0.2, -0.15) is 0 Å². The third-order valence-corrected chi connectivity index (χ3v) is 6.87. The number of hydrogen-bond donors (Lipinski definition) is 1. The predicted octanol–water partition coefficient (Wildman–Crippen LogP) is 5.46. The monoisotopic (exact) mass is 577 g/mol. The second-order valence-corrected chi connectivity index (χ2v) is 9.58. The summed E-state index contributed by atoms with van der Waals surface area (Å²) in [5.41, 5.74) is -3.19. The van der Waals surface area contributed by atoms with Crippen LogP contribution in [-0.2, 0) is 9.84 Å². The van der Waals surface area contributed by atoms with Crippen LogP contribution in [0.2, 0.25) is 0 Å². The van der Waals surface area contributed by atoms with E-state index in [1.165, 1.54) is 12.1 Å². The standard InChI is InChI=1S/C21H9BrF5NO6S/c22-10-2-4-11(5-3-10)35(33,34)14(8-9-1-6-12(28(31)32)13(29)7-9)21(30)15-16(23)18(25)20(27)19(26)17(15)24/h1-8,29H/b14-8+. The molecule has 0 aliphatic heterocycles. The molecule has 35 heavy (non-hydrogen) atoms. The van der Waals surface area contributed by atoms with Crippen molar-refractivity contribution in [2.45, 2.75) is 4.90 Å². The summed E-state index contributed by atoms with van der Waals surface area (Å²) in [6, 6.07) is 6.77. The fraction of sp³-hybridized carbons (Fsp3) is 0. The summed E-state index contributed by atoms with van der Waals surface area (Å²) in [5.74, 6) is -15.7. The normalized spacial score (nSPS) is 12.0. The first-order valence-corrected chi connectivity index (χ1v) is 11.3. The average Bonchev–Trinajstić information content (AvgIpc) is 2.80. The van der Waals surface area contributed by atoms with Crippen molar-refractivity contribution in [2.75, 3.05) is 0 Å². The molecule has 14 heteroatoms. The number of nitro benzene ring substituents is 1. The van der Waals surface area contributed by atoms with E-state index in [4.69, 9.17) is 0 Å². The van der Waals surface area contributed by atoms with Crippen molar-refractivity contribution in [1.82, 2.24) is 0 Å². The Morgan fingerprint density at radius 1 is 0.914 bits per heavy atom. The molecule has 0 atom stereocenters. The number of sulfone groups is 1. The first kappa shape index (κ1) is 26.0. The van der Waals surface area contributed by atoms with Crippen molar-refractivity contribution in [3.05, 3.63) is 102 Å². The zero-order valence-corrected chi connectivity index (χ0v) is 19.1. The Kier molecular flexibility index (Phi) is 7.08. The van der Waals surface area contributed by atoms with Crippen LogP contribution in [0.5, 0.6) is 5.75 Å². The SMILES string of the molecule is O=C(/C(=C\c1ccc([N+](=O)[O-])c(O)c1)S(=O)(=O)c1ccc(Br)cc1)c1c(F)c(F)c(F)c(F)c1F. The van der Waals surface area contributed by atoms with Crippen LogP contribution in [0.4, 0.5) is 27.6 Å². The van der Waals surface area contributed by atoms with Gasteiger partial charge in [-0.25, -0.2) is 30.4 Å². The van der Waals surface area contributed by atoms with Crippen LogP contribution >= 0.6 is 15.9 Å². The highest BCUT2D eigenvalue weighted by atomic mass is 79.9. The molecule has 3 rings (SSSR count). The van der Waals surface area contributed by atoms with Gasteiger partial charge in [0, 0.05) is 10.5 Å². The summed E-state index contributed by atoms with van der Waals surface area (Å²) in [4.78, 5) is 20.9. The number of nitrogens with zero attached hydrogens (tertiary/aromatic N) is 1. The van der Waals surface area contributed by atoms with E-state index in [-0.39, 0.29) is 5.56 Å². The maximum Gasteiger partial charge on any atom is 0.310 e. The Bertz CT molecular complexity index is 1500. The number of halogens is 6. The van der Waals surface area contributed by atoms with Crippen molar-refractivity contribution in [3.63, 3.8) is 0 Å².